The first kappa shape index (κ1) is 19.0. The van der Waals surface area contributed by atoms with Crippen LogP contribution in [0.3, 0.4) is 0 Å². The number of anilines is 1. The third-order valence-electron chi connectivity index (χ3n) is 5.22. The number of ether oxygens (including phenoxy) is 1. The molecule has 4 rings (SSSR count). The van der Waals surface area contributed by atoms with E-state index in [4.69, 9.17) is 9.15 Å². The minimum atomic E-state index is -0.199. The summed E-state index contributed by atoms with van der Waals surface area (Å²) in [6, 6.07) is 14.0. The molecule has 0 bridgehead atoms. The Morgan fingerprint density at radius 3 is 2.57 bits per heavy atom. The van der Waals surface area contributed by atoms with Gasteiger partial charge in [-0.25, -0.2) is 0 Å². The monoisotopic (exact) mass is 442 g/mol. The maximum absolute atomic E-state index is 12.8. The molecule has 3 aromatic rings. The molecule has 0 radical (unpaired) electrons. The van der Waals surface area contributed by atoms with Gasteiger partial charge in [0.1, 0.15) is 5.58 Å². The number of nitrogens with zero attached hydrogens (tertiary/aromatic N) is 1. The summed E-state index contributed by atoms with van der Waals surface area (Å²) >= 11 is 3.47. The van der Waals surface area contributed by atoms with Crippen molar-refractivity contribution in [1.82, 2.24) is 5.32 Å². The number of furan rings is 1. The lowest BCUT2D eigenvalue weighted by atomic mass is 10.1. The standard InChI is InChI=1S/C22H23BrN2O3/c1-14-19-13-17(23)5-8-20(19)28-21(14)22(26)24-15(2)16-3-6-18(7-4-16)25-9-11-27-12-10-25/h3-8,13,15H,9-12H2,1-2H3,(H,24,26). The van der Waals surface area contributed by atoms with Crippen LogP contribution in [-0.2, 0) is 4.74 Å². The molecule has 2 aromatic carbocycles. The van der Waals surface area contributed by atoms with Gasteiger partial charge in [-0.1, -0.05) is 28.1 Å². The fourth-order valence-electron chi connectivity index (χ4n) is 3.55. The van der Waals surface area contributed by atoms with Crippen LogP contribution in [0.1, 0.15) is 34.6 Å². The molecule has 6 heteroatoms. The van der Waals surface area contributed by atoms with Crippen molar-refractivity contribution in [3.8, 4) is 0 Å². The maximum atomic E-state index is 12.8. The maximum Gasteiger partial charge on any atom is 0.287 e. The lowest BCUT2D eigenvalue weighted by Crippen LogP contribution is -2.36. The second kappa shape index (κ2) is 7.97. The summed E-state index contributed by atoms with van der Waals surface area (Å²) in [6.45, 7) is 7.24. The Morgan fingerprint density at radius 2 is 1.86 bits per heavy atom. The average Bonchev–Trinajstić information content (AvgIpc) is 3.05. The Balaban J connectivity index is 1.48. The predicted molar refractivity (Wildman–Crippen MR) is 114 cm³/mol. The Bertz CT molecular complexity index is 991. The van der Waals surface area contributed by atoms with Crippen LogP contribution in [0.5, 0.6) is 0 Å². The number of hydrogen-bond acceptors (Lipinski definition) is 4. The van der Waals surface area contributed by atoms with Crippen LogP contribution in [0, 0.1) is 6.92 Å². The predicted octanol–water partition coefficient (Wildman–Crippen LogP) is 4.83. The van der Waals surface area contributed by atoms with Crippen LogP contribution in [0.2, 0.25) is 0 Å². The molecular weight excluding hydrogens is 420 g/mol. The molecule has 1 N–H and O–H groups in total. The van der Waals surface area contributed by atoms with E-state index in [2.05, 4.69) is 50.4 Å². The molecule has 1 amide bonds. The number of rotatable bonds is 4. The summed E-state index contributed by atoms with van der Waals surface area (Å²) in [7, 11) is 0. The summed E-state index contributed by atoms with van der Waals surface area (Å²) in [4.78, 5) is 15.1. The zero-order chi connectivity index (χ0) is 19.7. The van der Waals surface area contributed by atoms with Gasteiger partial charge >= 0.3 is 0 Å². The number of carbonyl (C=O) groups excluding carboxylic acids is 1. The molecule has 1 aliphatic rings. The van der Waals surface area contributed by atoms with Crippen LogP contribution < -0.4 is 10.2 Å². The fourth-order valence-corrected chi connectivity index (χ4v) is 3.91. The van der Waals surface area contributed by atoms with E-state index >= 15 is 0 Å². The highest BCUT2D eigenvalue weighted by atomic mass is 79.9. The summed E-state index contributed by atoms with van der Waals surface area (Å²) in [5.74, 6) is 0.166. The Morgan fingerprint density at radius 1 is 1.14 bits per heavy atom. The van der Waals surface area contributed by atoms with E-state index in [1.165, 1.54) is 5.69 Å². The van der Waals surface area contributed by atoms with Crippen LogP contribution in [0.4, 0.5) is 5.69 Å². The molecule has 1 saturated heterocycles. The summed E-state index contributed by atoms with van der Waals surface area (Å²) in [5.41, 5.74) is 3.81. The molecule has 1 fully saturated rings. The number of nitrogens with one attached hydrogen (secondary N) is 1. The highest BCUT2D eigenvalue weighted by molar-refractivity contribution is 9.10. The lowest BCUT2D eigenvalue weighted by molar-refractivity contribution is 0.0913. The minimum Gasteiger partial charge on any atom is -0.451 e. The van der Waals surface area contributed by atoms with E-state index in [9.17, 15) is 4.79 Å². The van der Waals surface area contributed by atoms with Crippen molar-refractivity contribution in [2.45, 2.75) is 19.9 Å². The number of aryl methyl sites for hydroxylation is 1. The summed E-state index contributed by atoms with van der Waals surface area (Å²) in [6.07, 6.45) is 0. The third kappa shape index (κ3) is 3.80. The first-order valence-electron chi connectivity index (χ1n) is 9.45. The zero-order valence-corrected chi connectivity index (χ0v) is 17.6. The van der Waals surface area contributed by atoms with Crippen molar-refractivity contribution in [3.63, 3.8) is 0 Å². The minimum absolute atomic E-state index is 0.120. The third-order valence-corrected chi connectivity index (χ3v) is 5.71. The van der Waals surface area contributed by atoms with Crippen molar-refractivity contribution < 1.29 is 13.9 Å². The van der Waals surface area contributed by atoms with Crippen molar-refractivity contribution in [2.75, 3.05) is 31.2 Å². The zero-order valence-electron chi connectivity index (χ0n) is 16.0. The molecular formula is C22H23BrN2O3. The second-order valence-corrected chi connectivity index (χ2v) is 8.00. The smallest absolute Gasteiger partial charge is 0.287 e. The molecule has 0 aliphatic carbocycles. The van der Waals surface area contributed by atoms with E-state index in [-0.39, 0.29) is 11.9 Å². The molecule has 0 spiro atoms. The first-order chi connectivity index (χ1) is 13.5. The van der Waals surface area contributed by atoms with E-state index in [1.54, 1.807) is 0 Å². The Labute approximate surface area is 172 Å². The van der Waals surface area contributed by atoms with Crippen LogP contribution in [0.25, 0.3) is 11.0 Å². The van der Waals surface area contributed by atoms with Gasteiger partial charge in [0.05, 0.1) is 19.3 Å². The van der Waals surface area contributed by atoms with E-state index in [1.807, 2.05) is 32.0 Å². The van der Waals surface area contributed by atoms with E-state index < -0.39 is 0 Å². The van der Waals surface area contributed by atoms with Gasteiger partial charge in [-0.3, -0.25) is 4.79 Å². The normalized spacial score (nSPS) is 15.6. The molecule has 28 heavy (non-hydrogen) atoms. The van der Waals surface area contributed by atoms with Gasteiger partial charge in [0.25, 0.3) is 5.91 Å². The molecule has 1 atom stereocenters. The van der Waals surface area contributed by atoms with Gasteiger partial charge in [-0.2, -0.15) is 0 Å². The Kier molecular flexibility index (Phi) is 5.42. The number of benzene rings is 2. The lowest BCUT2D eigenvalue weighted by Gasteiger charge is -2.29. The molecule has 1 aliphatic heterocycles. The van der Waals surface area contributed by atoms with Gasteiger partial charge in [-0.15, -0.1) is 0 Å². The highest BCUT2D eigenvalue weighted by Gasteiger charge is 2.20. The van der Waals surface area contributed by atoms with Gasteiger partial charge in [-0.05, 0) is 49.7 Å². The number of amides is 1. The number of hydrogen-bond donors (Lipinski definition) is 1. The number of halogens is 1. The molecule has 1 unspecified atom stereocenters. The molecule has 5 nitrogen and oxygen atoms in total. The van der Waals surface area contributed by atoms with Crippen molar-refractivity contribution in [1.29, 1.82) is 0 Å². The van der Waals surface area contributed by atoms with Crippen LogP contribution >= 0.6 is 15.9 Å². The topological polar surface area (TPSA) is 54.7 Å². The SMILES string of the molecule is Cc1c(C(=O)NC(C)c2ccc(N3CCOCC3)cc2)oc2ccc(Br)cc12. The average molecular weight is 443 g/mol. The van der Waals surface area contributed by atoms with Crippen LogP contribution in [-0.4, -0.2) is 32.2 Å². The summed E-state index contributed by atoms with van der Waals surface area (Å²) < 4.78 is 12.2. The molecule has 1 aromatic heterocycles. The van der Waals surface area contributed by atoms with E-state index in [0.29, 0.717) is 11.3 Å². The number of morpholine rings is 1. The second-order valence-electron chi connectivity index (χ2n) is 7.08. The number of fused-ring (bicyclic) bond motifs is 1. The Hall–Kier alpha value is -2.31. The van der Waals surface area contributed by atoms with Gasteiger partial charge < -0.3 is 19.4 Å². The van der Waals surface area contributed by atoms with Crippen molar-refractivity contribution in [3.05, 3.63) is 63.8 Å². The van der Waals surface area contributed by atoms with Gasteiger partial charge in [0, 0.05) is 34.2 Å². The van der Waals surface area contributed by atoms with Gasteiger partial charge in [0.15, 0.2) is 5.76 Å². The molecule has 0 saturated carbocycles. The first-order valence-corrected chi connectivity index (χ1v) is 10.2. The summed E-state index contributed by atoms with van der Waals surface area (Å²) in [5, 5.41) is 4.00. The van der Waals surface area contributed by atoms with E-state index in [0.717, 1.165) is 47.3 Å². The molecule has 146 valence electrons. The van der Waals surface area contributed by atoms with Crippen LogP contribution in [0.15, 0.2) is 51.4 Å². The van der Waals surface area contributed by atoms with Crippen molar-refractivity contribution in [2.24, 2.45) is 0 Å². The quantitative estimate of drug-likeness (QED) is 0.628. The van der Waals surface area contributed by atoms with Crippen molar-refractivity contribution >= 4 is 38.5 Å². The fraction of sp³-hybridized carbons (Fsp3) is 0.318. The molecule has 2 heterocycles. The highest BCUT2D eigenvalue weighted by Crippen LogP contribution is 2.28. The van der Waals surface area contributed by atoms with Gasteiger partial charge in [0.2, 0.25) is 0 Å². The largest absolute Gasteiger partial charge is 0.451 e. The number of carbonyl (C=O) groups is 1.